The average molecular weight is 321 g/mol. The monoisotopic (exact) mass is 320 g/mol. The first-order valence-corrected chi connectivity index (χ1v) is 6.90. The second-order valence-electron chi connectivity index (χ2n) is 4.53. The zero-order valence-corrected chi connectivity index (χ0v) is 12.5. The lowest BCUT2D eigenvalue weighted by Gasteiger charge is -2.18. The molecule has 0 saturated heterocycles. The van der Waals surface area contributed by atoms with Gasteiger partial charge in [-0.15, -0.1) is 0 Å². The molecule has 3 nitrogen and oxygen atoms in total. The summed E-state index contributed by atoms with van der Waals surface area (Å²) < 4.78 is 29.4. The first-order chi connectivity index (χ1) is 7.71. The Labute approximate surface area is 112 Å². The van der Waals surface area contributed by atoms with Gasteiger partial charge in [0.05, 0.1) is 11.9 Å². The van der Waals surface area contributed by atoms with Gasteiger partial charge in [0.25, 0.3) is 0 Å². The SMILES string of the molecule is CC(=N[S+]([O-])C(C)(C)C)c1cc(Br)ncc1F. The van der Waals surface area contributed by atoms with E-state index in [2.05, 4.69) is 25.3 Å². The highest BCUT2D eigenvalue weighted by Gasteiger charge is 2.27. The van der Waals surface area contributed by atoms with Gasteiger partial charge in [0, 0.05) is 5.56 Å². The van der Waals surface area contributed by atoms with Gasteiger partial charge >= 0.3 is 0 Å². The highest BCUT2D eigenvalue weighted by molar-refractivity contribution is 9.10. The van der Waals surface area contributed by atoms with E-state index in [-0.39, 0.29) is 0 Å². The van der Waals surface area contributed by atoms with Crippen molar-refractivity contribution in [3.8, 4) is 0 Å². The molecule has 94 valence electrons. The summed E-state index contributed by atoms with van der Waals surface area (Å²) in [6.07, 6.45) is 1.11. The van der Waals surface area contributed by atoms with E-state index in [1.165, 1.54) is 6.07 Å². The Hall–Kier alpha value is -0.460. The lowest BCUT2D eigenvalue weighted by molar-refractivity contribution is 0.561. The number of rotatable bonds is 2. The van der Waals surface area contributed by atoms with Crippen LogP contribution in [0.2, 0.25) is 0 Å². The smallest absolute Gasteiger partial charge is 0.150 e. The molecule has 0 radical (unpaired) electrons. The second-order valence-corrected chi connectivity index (χ2v) is 7.24. The van der Waals surface area contributed by atoms with E-state index < -0.39 is 21.9 Å². The van der Waals surface area contributed by atoms with Crippen LogP contribution in [-0.2, 0) is 11.4 Å². The van der Waals surface area contributed by atoms with E-state index >= 15 is 0 Å². The molecule has 1 atom stereocenters. The van der Waals surface area contributed by atoms with Crippen molar-refractivity contribution in [2.75, 3.05) is 0 Å². The minimum atomic E-state index is -1.40. The molecule has 0 amide bonds. The Balaban J connectivity index is 3.08. The summed E-state index contributed by atoms with van der Waals surface area (Å²) in [4.78, 5) is 3.76. The molecule has 0 spiro atoms. The summed E-state index contributed by atoms with van der Waals surface area (Å²) in [7, 11) is 0. The third-order valence-corrected chi connectivity index (χ3v) is 3.88. The summed E-state index contributed by atoms with van der Waals surface area (Å²) >= 11 is 1.76. The molecule has 0 bridgehead atoms. The lowest BCUT2D eigenvalue weighted by atomic mass is 10.2. The zero-order valence-electron chi connectivity index (χ0n) is 10.1. The molecule has 6 heteroatoms. The Bertz CT molecular complexity index is 446. The van der Waals surface area contributed by atoms with Gasteiger partial charge in [-0.25, -0.2) is 9.37 Å². The average Bonchev–Trinajstić information content (AvgIpc) is 2.20. The van der Waals surface area contributed by atoms with E-state index in [4.69, 9.17) is 0 Å². The van der Waals surface area contributed by atoms with Crippen molar-refractivity contribution in [1.82, 2.24) is 4.98 Å². The molecule has 1 aromatic heterocycles. The standard InChI is InChI=1S/C11H14BrFN2OS/c1-7(15-17(16)11(2,3)4)8-5-10(12)14-6-9(8)13/h5-6H,1-4H3. The molecule has 1 rings (SSSR count). The van der Waals surface area contributed by atoms with Gasteiger partial charge in [0.1, 0.15) is 20.7 Å². The van der Waals surface area contributed by atoms with Gasteiger partial charge in [-0.1, -0.05) is 4.40 Å². The number of hydrogen-bond acceptors (Lipinski definition) is 3. The van der Waals surface area contributed by atoms with Crippen LogP contribution in [0.25, 0.3) is 0 Å². The van der Waals surface area contributed by atoms with Gasteiger partial charge < -0.3 is 4.55 Å². The molecule has 0 aromatic carbocycles. The van der Waals surface area contributed by atoms with Crippen LogP contribution in [-0.4, -0.2) is 20.0 Å². The van der Waals surface area contributed by atoms with Crippen molar-refractivity contribution in [2.45, 2.75) is 32.4 Å². The molecule has 0 aliphatic rings. The lowest BCUT2D eigenvalue weighted by Crippen LogP contribution is -2.26. The van der Waals surface area contributed by atoms with E-state index in [9.17, 15) is 8.94 Å². The van der Waals surface area contributed by atoms with Crippen LogP contribution in [0.4, 0.5) is 4.39 Å². The summed E-state index contributed by atoms with van der Waals surface area (Å²) in [5.74, 6) is -0.472. The Morgan fingerprint density at radius 2 is 2.12 bits per heavy atom. The van der Waals surface area contributed by atoms with Crippen LogP contribution < -0.4 is 0 Å². The van der Waals surface area contributed by atoms with Gasteiger partial charge in [0.2, 0.25) is 0 Å². The van der Waals surface area contributed by atoms with Crippen LogP contribution in [0.3, 0.4) is 0 Å². The fourth-order valence-electron chi connectivity index (χ4n) is 1.00. The molecule has 0 aliphatic heterocycles. The normalized spacial score (nSPS) is 14.9. The third-order valence-electron chi connectivity index (χ3n) is 1.96. The molecule has 17 heavy (non-hydrogen) atoms. The van der Waals surface area contributed by atoms with Crippen LogP contribution >= 0.6 is 15.9 Å². The number of pyridine rings is 1. The minimum absolute atomic E-state index is 0.310. The predicted octanol–water partition coefficient (Wildman–Crippen LogP) is 3.25. The number of hydrogen-bond donors (Lipinski definition) is 0. The van der Waals surface area contributed by atoms with Gasteiger partial charge in [-0.2, -0.15) is 0 Å². The van der Waals surface area contributed by atoms with Crippen molar-refractivity contribution < 1.29 is 8.94 Å². The maximum atomic E-state index is 13.5. The Kier molecular flexibility index (Phi) is 4.69. The zero-order chi connectivity index (χ0) is 13.2. The summed E-state index contributed by atoms with van der Waals surface area (Å²) in [6.45, 7) is 7.09. The van der Waals surface area contributed by atoms with Crippen molar-refractivity contribution in [3.63, 3.8) is 0 Å². The molecule has 1 aromatic rings. The third kappa shape index (κ3) is 4.04. The van der Waals surface area contributed by atoms with Crippen molar-refractivity contribution in [3.05, 3.63) is 28.2 Å². The quantitative estimate of drug-likeness (QED) is 0.477. The fourth-order valence-corrected chi connectivity index (χ4v) is 1.95. The van der Waals surface area contributed by atoms with Gasteiger partial charge in [-0.3, -0.25) is 0 Å². The maximum absolute atomic E-state index is 13.5. The summed E-state index contributed by atoms with van der Waals surface area (Å²) in [5, 5.41) is 0. The fraction of sp³-hybridized carbons (Fsp3) is 0.455. The largest absolute Gasteiger partial charge is 0.591 e. The molecule has 0 N–H and O–H groups in total. The van der Waals surface area contributed by atoms with Crippen molar-refractivity contribution in [1.29, 1.82) is 0 Å². The van der Waals surface area contributed by atoms with E-state index in [1.54, 1.807) is 6.92 Å². The Morgan fingerprint density at radius 3 is 2.65 bits per heavy atom. The van der Waals surface area contributed by atoms with E-state index in [0.717, 1.165) is 6.20 Å². The van der Waals surface area contributed by atoms with Gasteiger partial charge in [-0.05, 0) is 49.7 Å². The van der Waals surface area contributed by atoms with Crippen LogP contribution in [0, 0.1) is 5.82 Å². The highest BCUT2D eigenvalue weighted by Crippen LogP contribution is 2.20. The summed E-state index contributed by atoms with van der Waals surface area (Å²) in [6, 6.07) is 1.52. The maximum Gasteiger partial charge on any atom is 0.150 e. The minimum Gasteiger partial charge on any atom is -0.591 e. The topological polar surface area (TPSA) is 48.3 Å². The molecule has 0 saturated carbocycles. The predicted molar refractivity (Wildman–Crippen MR) is 72.0 cm³/mol. The van der Waals surface area contributed by atoms with Crippen LogP contribution in [0.5, 0.6) is 0 Å². The van der Waals surface area contributed by atoms with Gasteiger partial charge in [0.15, 0.2) is 5.82 Å². The summed E-state index contributed by atoms with van der Waals surface area (Å²) in [5.41, 5.74) is 0.711. The van der Waals surface area contributed by atoms with Crippen molar-refractivity contribution in [2.24, 2.45) is 4.40 Å². The number of halogens is 2. The van der Waals surface area contributed by atoms with E-state index in [1.807, 2.05) is 20.8 Å². The Morgan fingerprint density at radius 1 is 1.53 bits per heavy atom. The first kappa shape index (κ1) is 14.6. The van der Waals surface area contributed by atoms with E-state index in [0.29, 0.717) is 15.9 Å². The molecule has 0 aliphatic carbocycles. The molecule has 1 unspecified atom stereocenters. The molecular formula is C11H14BrFN2OS. The molecule has 1 heterocycles. The van der Waals surface area contributed by atoms with Crippen molar-refractivity contribution >= 4 is 33.0 Å². The van der Waals surface area contributed by atoms with Crippen LogP contribution in [0.1, 0.15) is 33.3 Å². The highest BCUT2D eigenvalue weighted by atomic mass is 79.9. The first-order valence-electron chi connectivity index (χ1n) is 5.00. The molecule has 0 fully saturated rings. The number of nitrogens with zero attached hydrogens (tertiary/aromatic N) is 2. The second kappa shape index (κ2) is 5.46. The number of aromatic nitrogens is 1. The van der Waals surface area contributed by atoms with Crippen LogP contribution in [0.15, 0.2) is 21.3 Å². The molecular weight excluding hydrogens is 307 g/mol.